The highest BCUT2D eigenvalue weighted by Gasteiger charge is 2.39. The largest absolute Gasteiger partial charge is 0.495 e. The molecular formula is C13H16ClNO3. The second-order valence-electron chi connectivity index (χ2n) is 4.50. The molecule has 0 aliphatic heterocycles. The van der Waals surface area contributed by atoms with E-state index in [0.717, 1.165) is 6.42 Å². The molecule has 5 heteroatoms. The summed E-state index contributed by atoms with van der Waals surface area (Å²) in [4.78, 5) is 11.9. The van der Waals surface area contributed by atoms with E-state index < -0.39 is 0 Å². The van der Waals surface area contributed by atoms with Gasteiger partial charge in [0.25, 0.3) is 0 Å². The molecule has 18 heavy (non-hydrogen) atoms. The van der Waals surface area contributed by atoms with E-state index in [1.165, 1.54) is 14.2 Å². The number of nitrogens with one attached hydrogen (secondary N) is 1. The van der Waals surface area contributed by atoms with E-state index >= 15 is 0 Å². The Hall–Kier alpha value is -1.42. The SMILES string of the molecule is COc1cc(NC(=O)[C@@H]2C[C@@H]2C)c(OC)cc1Cl. The van der Waals surface area contributed by atoms with Crippen molar-refractivity contribution in [2.45, 2.75) is 13.3 Å². The van der Waals surface area contributed by atoms with Gasteiger partial charge in [0.15, 0.2) is 0 Å². The van der Waals surface area contributed by atoms with Crippen LogP contribution in [0.25, 0.3) is 0 Å². The predicted octanol–water partition coefficient (Wildman–Crippen LogP) is 2.95. The summed E-state index contributed by atoms with van der Waals surface area (Å²) in [5.74, 6) is 1.63. The van der Waals surface area contributed by atoms with Gasteiger partial charge in [0.2, 0.25) is 5.91 Å². The van der Waals surface area contributed by atoms with E-state index in [4.69, 9.17) is 21.1 Å². The third-order valence-corrected chi connectivity index (χ3v) is 3.47. The molecule has 1 fully saturated rings. The van der Waals surface area contributed by atoms with Crippen LogP contribution in [0, 0.1) is 11.8 Å². The maximum Gasteiger partial charge on any atom is 0.227 e. The third-order valence-electron chi connectivity index (χ3n) is 3.18. The van der Waals surface area contributed by atoms with Crippen LogP contribution in [0.1, 0.15) is 13.3 Å². The second-order valence-corrected chi connectivity index (χ2v) is 4.90. The summed E-state index contributed by atoms with van der Waals surface area (Å²) in [7, 11) is 3.07. The first-order chi connectivity index (χ1) is 8.56. The van der Waals surface area contributed by atoms with Gasteiger partial charge in [-0.25, -0.2) is 0 Å². The van der Waals surface area contributed by atoms with Gasteiger partial charge in [-0.2, -0.15) is 0 Å². The molecule has 2 atom stereocenters. The van der Waals surface area contributed by atoms with Crippen molar-refractivity contribution >= 4 is 23.2 Å². The lowest BCUT2D eigenvalue weighted by Gasteiger charge is -2.13. The third kappa shape index (κ3) is 2.53. The highest BCUT2D eigenvalue weighted by atomic mass is 35.5. The van der Waals surface area contributed by atoms with Crippen molar-refractivity contribution in [1.82, 2.24) is 0 Å². The van der Waals surface area contributed by atoms with Gasteiger partial charge in [-0.15, -0.1) is 0 Å². The number of ether oxygens (including phenoxy) is 2. The van der Waals surface area contributed by atoms with Crippen molar-refractivity contribution in [3.63, 3.8) is 0 Å². The van der Waals surface area contributed by atoms with Gasteiger partial charge >= 0.3 is 0 Å². The molecule has 0 aromatic heterocycles. The number of hydrogen-bond acceptors (Lipinski definition) is 3. The minimum Gasteiger partial charge on any atom is -0.495 e. The first kappa shape index (κ1) is 13.0. The zero-order valence-electron chi connectivity index (χ0n) is 10.6. The molecule has 4 nitrogen and oxygen atoms in total. The summed E-state index contributed by atoms with van der Waals surface area (Å²) < 4.78 is 10.3. The van der Waals surface area contributed by atoms with Crippen molar-refractivity contribution in [1.29, 1.82) is 0 Å². The zero-order valence-corrected chi connectivity index (χ0v) is 11.4. The molecule has 1 amide bonds. The fourth-order valence-electron chi connectivity index (χ4n) is 1.87. The highest BCUT2D eigenvalue weighted by molar-refractivity contribution is 6.32. The number of hydrogen-bond donors (Lipinski definition) is 1. The van der Waals surface area contributed by atoms with Crippen LogP contribution in [-0.2, 0) is 4.79 Å². The van der Waals surface area contributed by atoms with E-state index in [2.05, 4.69) is 12.2 Å². The molecule has 1 N–H and O–H groups in total. The monoisotopic (exact) mass is 269 g/mol. The summed E-state index contributed by atoms with van der Waals surface area (Å²) in [6, 6.07) is 3.30. The Kier molecular flexibility index (Phi) is 3.66. The molecule has 1 aliphatic rings. The Morgan fingerprint density at radius 1 is 1.33 bits per heavy atom. The Morgan fingerprint density at radius 2 is 1.94 bits per heavy atom. The molecule has 1 aromatic carbocycles. The lowest BCUT2D eigenvalue weighted by Crippen LogP contribution is -2.15. The molecule has 0 radical (unpaired) electrons. The van der Waals surface area contributed by atoms with Crippen LogP contribution < -0.4 is 14.8 Å². The number of amides is 1. The van der Waals surface area contributed by atoms with Crippen molar-refractivity contribution < 1.29 is 14.3 Å². The van der Waals surface area contributed by atoms with E-state index in [1.807, 2.05) is 0 Å². The van der Waals surface area contributed by atoms with Crippen LogP contribution in [0.3, 0.4) is 0 Å². The van der Waals surface area contributed by atoms with Crippen LogP contribution in [0.2, 0.25) is 5.02 Å². The smallest absolute Gasteiger partial charge is 0.227 e. The maximum absolute atomic E-state index is 11.9. The molecule has 0 heterocycles. The topological polar surface area (TPSA) is 47.6 Å². The molecule has 0 spiro atoms. The minimum atomic E-state index is 0.0187. The first-order valence-electron chi connectivity index (χ1n) is 5.79. The molecular weight excluding hydrogens is 254 g/mol. The van der Waals surface area contributed by atoms with Gasteiger partial charge in [0.1, 0.15) is 11.5 Å². The summed E-state index contributed by atoms with van der Waals surface area (Å²) in [5, 5.41) is 3.30. The van der Waals surface area contributed by atoms with Crippen LogP contribution >= 0.6 is 11.6 Å². The number of benzene rings is 1. The van der Waals surface area contributed by atoms with Gasteiger partial charge in [0.05, 0.1) is 24.9 Å². The number of halogens is 1. The number of carbonyl (C=O) groups excluding carboxylic acids is 1. The molecule has 0 unspecified atom stereocenters. The molecule has 98 valence electrons. The molecule has 2 rings (SSSR count). The molecule has 1 saturated carbocycles. The zero-order chi connectivity index (χ0) is 13.3. The lowest BCUT2D eigenvalue weighted by molar-refractivity contribution is -0.117. The van der Waals surface area contributed by atoms with Crippen LogP contribution in [0.5, 0.6) is 11.5 Å². The van der Waals surface area contributed by atoms with Crippen LogP contribution in [-0.4, -0.2) is 20.1 Å². The van der Waals surface area contributed by atoms with E-state index in [0.29, 0.717) is 28.1 Å². The number of methoxy groups -OCH3 is 2. The van der Waals surface area contributed by atoms with Crippen LogP contribution in [0.4, 0.5) is 5.69 Å². The fraction of sp³-hybridized carbons (Fsp3) is 0.462. The van der Waals surface area contributed by atoms with Gasteiger partial charge in [-0.3, -0.25) is 4.79 Å². The van der Waals surface area contributed by atoms with E-state index in [1.54, 1.807) is 12.1 Å². The van der Waals surface area contributed by atoms with Gasteiger partial charge in [-0.1, -0.05) is 18.5 Å². The first-order valence-corrected chi connectivity index (χ1v) is 6.17. The minimum absolute atomic E-state index is 0.0187. The number of anilines is 1. The molecule has 0 bridgehead atoms. The van der Waals surface area contributed by atoms with Crippen LogP contribution in [0.15, 0.2) is 12.1 Å². The second kappa shape index (κ2) is 5.06. The highest BCUT2D eigenvalue weighted by Crippen LogP contribution is 2.40. The van der Waals surface area contributed by atoms with Crippen molar-refractivity contribution in [3.8, 4) is 11.5 Å². The maximum atomic E-state index is 11.9. The Labute approximate surface area is 111 Å². The Morgan fingerprint density at radius 3 is 2.44 bits per heavy atom. The summed E-state index contributed by atoms with van der Waals surface area (Å²) >= 11 is 6.00. The van der Waals surface area contributed by atoms with Crippen molar-refractivity contribution in [2.24, 2.45) is 11.8 Å². The molecule has 0 saturated heterocycles. The normalized spacial score (nSPS) is 21.3. The van der Waals surface area contributed by atoms with E-state index in [9.17, 15) is 4.79 Å². The predicted molar refractivity (Wildman–Crippen MR) is 70.5 cm³/mol. The average molecular weight is 270 g/mol. The Bertz CT molecular complexity index is 476. The lowest BCUT2D eigenvalue weighted by atomic mass is 10.2. The van der Waals surface area contributed by atoms with E-state index in [-0.39, 0.29) is 11.8 Å². The fourth-order valence-corrected chi connectivity index (χ4v) is 2.10. The quantitative estimate of drug-likeness (QED) is 0.914. The molecule has 1 aromatic rings. The standard InChI is InChI=1S/C13H16ClNO3/c1-7-4-8(7)13(16)15-10-6-11(17-2)9(14)5-12(10)18-3/h5-8H,4H2,1-3H3,(H,15,16)/t7-,8+/m0/s1. The van der Waals surface area contributed by atoms with Gasteiger partial charge < -0.3 is 14.8 Å². The Balaban J connectivity index is 2.22. The number of carbonyl (C=O) groups is 1. The van der Waals surface area contributed by atoms with Gasteiger partial charge in [0, 0.05) is 18.1 Å². The van der Waals surface area contributed by atoms with Crippen molar-refractivity contribution in [2.75, 3.05) is 19.5 Å². The summed E-state index contributed by atoms with van der Waals surface area (Å²) in [6.45, 7) is 2.06. The average Bonchev–Trinajstić information content (AvgIpc) is 3.08. The van der Waals surface area contributed by atoms with Gasteiger partial charge in [-0.05, 0) is 12.3 Å². The summed E-state index contributed by atoms with van der Waals surface area (Å²) in [5.41, 5.74) is 0.586. The number of rotatable bonds is 4. The van der Waals surface area contributed by atoms with Crippen molar-refractivity contribution in [3.05, 3.63) is 17.2 Å². The summed E-state index contributed by atoms with van der Waals surface area (Å²) in [6.07, 6.45) is 0.943. The molecule has 1 aliphatic carbocycles.